The maximum absolute atomic E-state index is 13.2. The molecule has 0 aliphatic carbocycles. The quantitative estimate of drug-likeness (QED) is 0.716. The van der Waals surface area contributed by atoms with Crippen molar-refractivity contribution in [3.63, 3.8) is 0 Å². The van der Waals surface area contributed by atoms with E-state index >= 15 is 0 Å². The highest BCUT2D eigenvalue weighted by Crippen LogP contribution is 2.06. The van der Waals surface area contributed by atoms with Crippen molar-refractivity contribution < 1.29 is 14.3 Å². The SMILES string of the molecule is O=C(NCCCCCCO)c1ccccc1F. The van der Waals surface area contributed by atoms with Crippen molar-refractivity contribution in [2.75, 3.05) is 13.2 Å². The third-order valence-corrected chi connectivity index (χ3v) is 2.49. The van der Waals surface area contributed by atoms with E-state index in [1.165, 1.54) is 12.1 Å². The van der Waals surface area contributed by atoms with E-state index in [0.29, 0.717) is 6.54 Å². The molecule has 4 heteroatoms. The molecule has 1 amide bonds. The van der Waals surface area contributed by atoms with Gasteiger partial charge in [0.2, 0.25) is 0 Å². The van der Waals surface area contributed by atoms with Crippen LogP contribution in [0, 0.1) is 5.82 Å². The van der Waals surface area contributed by atoms with Gasteiger partial charge in [-0.05, 0) is 25.0 Å². The lowest BCUT2D eigenvalue weighted by Gasteiger charge is -2.05. The van der Waals surface area contributed by atoms with E-state index in [9.17, 15) is 9.18 Å². The summed E-state index contributed by atoms with van der Waals surface area (Å²) in [6.45, 7) is 0.750. The molecule has 0 atom stereocenters. The number of carbonyl (C=O) groups excluding carboxylic acids is 1. The van der Waals surface area contributed by atoms with Gasteiger partial charge in [-0.2, -0.15) is 0 Å². The normalized spacial score (nSPS) is 10.2. The highest BCUT2D eigenvalue weighted by molar-refractivity contribution is 5.94. The van der Waals surface area contributed by atoms with E-state index in [1.807, 2.05) is 0 Å². The van der Waals surface area contributed by atoms with Gasteiger partial charge in [-0.1, -0.05) is 25.0 Å². The number of carbonyl (C=O) groups is 1. The van der Waals surface area contributed by atoms with Gasteiger partial charge in [0.1, 0.15) is 5.82 Å². The Morgan fingerprint density at radius 3 is 2.59 bits per heavy atom. The molecule has 0 bridgehead atoms. The lowest BCUT2D eigenvalue weighted by molar-refractivity contribution is 0.0949. The zero-order chi connectivity index (χ0) is 12.5. The van der Waals surface area contributed by atoms with Crippen molar-refractivity contribution in [2.24, 2.45) is 0 Å². The topological polar surface area (TPSA) is 49.3 Å². The lowest BCUT2D eigenvalue weighted by Crippen LogP contribution is -2.25. The average Bonchev–Trinajstić information content (AvgIpc) is 2.34. The molecular formula is C13H18FNO2. The van der Waals surface area contributed by atoms with E-state index in [0.717, 1.165) is 25.7 Å². The lowest BCUT2D eigenvalue weighted by atomic mass is 10.2. The fourth-order valence-electron chi connectivity index (χ4n) is 1.53. The monoisotopic (exact) mass is 239 g/mol. The van der Waals surface area contributed by atoms with E-state index in [-0.39, 0.29) is 18.1 Å². The highest BCUT2D eigenvalue weighted by Gasteiger charge is 2.09. The summed E-state index contributed by atoms with van der Waals surface area (Å²) in [5.41, 5.74) is 0.0860. The molecule has 2 N–H and O–H groups in total. The van der Waals surface area contributed by atoms with Crippen molar-refractivity contribution in [1.29, 1.82) is 0 Å². The zero-order valence-electron chi connectivity index (χ0n) is 9.79. The minimum atomic E-state index is -0.495. The molecule has 0 unspecified atom stereocenters. The molecule has 0 fully saturated rings. The van der Waals surface area contributed by atoms with Gasteiger partial charge in [0.15, 0.2) is 0 Å². The Morgan fingerprint density at radius 1 is 1.18 bits per heavy atom. The molecule has 94 valence electrons. The number of halogens is 1. The smallest absolute Gasteiger partial charge is 0.254 e. The maximum Gasteiger partial charge on any atom is 0.254 e. The minimum Gasteiger partial charge on any atom is -0.396 e. The number of unbranched alkanes of at least 4 members (excludes halogenated alkanes) is 3. The fourth-order valence-corrected chi connectivity index (χ4v) is 1.53. The van der Waals surface area contributed by atoms with E-state index in [2.05, 4.69) is 5.32 Å². The second kappa shape index (κ2) is 7.79. The first-order valence-electron chi connectivity index (χ1n) is 5.89. The molecule has 0 aliphatic rings. The van der Waals surface area contributed by atoms with Crippen LogP contribution in [0.2, 0.25) is 0 Å². The van der Waals surface area contributed by atoms with Crippen molar-refractivity contribution >= 4 is 5.91 Å². The number of hydrogen-bond donors (Lipinski definition) is 2. The molecule has 1 rings (SSSR count). The van der Waals surface area contributed by atoms with Crippen LogP contribution in [-0.2, 0) is 0 Å². The van der Waals surface area contributed by atoms with Crippen LogP contribution in [0.15, 0.2) is 24.3 Å². The molecule has 3 nitrogen and oxygen atoms in total. The third kappa shape index (κ3) is 4.95. The number of aliphatic hydroxyl groups excluding tert-OH is 1. The first-order chi connectivity index (χ1) is 8.25. The summed E-state index contributed by atoms with van der Waals surface area (Å²) in [5, 5.41) is 11.3. The number of nitrogens with one attached hydrogen (secondary N) is 1. The van der Waals surface area contributed by atoms with Crippen molar-refractivity contribution in [2.45, 2.75) is 25.7 Å². The molecule has 0 saturated carbocycles. The van der Waals surface area contributed by atoms with Gasteiger partial charge in [0.05, 0.1) is 5.56 Å². The summed E-state index contributed by atoms with van der Waals surface area (Å²) in [7, 11) is 0. The molecule has 1 aromatic carbocycles. The summed E-state index contributed by atoms with van der Waals surface area (Å²) in [4.78, 5) is 11.6. The molecule has 0 spiro atoms. The van der Waals surface area contributed by atoms with Gasteiger partial charge < -0.3 is 10.4 Å². The van der Waals surface area contributed by atoms with Crippen molar-refractivity contribution in [3.05, 3.63) is 35.6 Å². The zero-order valence-corrected chi connectivity index (χ0v) is 9.79. The average molecular weight is 239 g/mol. The van der Waals surface area contributed by atoms with Gasteiger partial charge in [0, 0.05) is 13.2 Å². The van der Waals surface area contributed by atoms with Crippen LogP contribution in [0.1, 0.15) is 36.0 Å². The van der Waals surface area contributed by atoms with E-state index in [1.54, 1.807) is 12.1 Å². The van der Waals surface area contributed by atoms with Crippen LogP contribution < -0.4 is 5.32 Å². The number of amides is 1. The summed E-state index contributed by atoms with van der Waals surface area (Å²) >= 11 is 0. The summed E-state index contributed by atoms with van der Waals surface area (Å²) in [6, 6.07) is 5.94. The molecule has 0 aliphatic heterocycles. The molecule has 0 aromatic heterocycles. The standard InChI is InChI=1S/C13H18FNO2/c14-12-8-4-3-7-11(12)13(17)15-9-5-1-2-6-10-16/h3-4,7-8,16H,1-2,5-6,9-10H2,(H,15,17). The predicted octanol–water partition coefficient (Wildman–Crippen LogP) is 2.11. The van der Waals surface area contributed by atoms with E-state index in [4.69, 9.17) is 5.11 Å². The van der Waals surface area contributed by atoms with Gasteiger partial charge in [0.25, 0.3) is 5.91 Å². The van der Waals surface area contributed by atoms with Gasteiger partial charge in [-0.15, -0.1) is 0 Å². The number of benzene rings is 1. The number of rotatable bonds is 7. The Morgan fingerprint density at radius 2 is 1.88 bits per heavy atom. The Hall–Kier alpha value is -1.42. The fraction of sp³-hybridized carbons (Fsp3) is 0.462. The largest absolute Gasteiger partial charge is 0.396 e. The van der Waals surface area contributed by atoms with Crippen LogP contribution in [0.25, 0.3) is 0 Å². The summed E-state index contributed by atoms with van der Waals surface area (Å²) < 4.78 is 13.2. The maximum atomic E-state index is 13.2. The Kier molecular flexibility index (Phi) is 6.25. The third-order valence-electron chi connectivity index (χ3n) is 2.49. The molecule has 17 heavy (non-hydrogen) atoms. The van der Waals surface area contributed by atoms with Crippen LogP contribution in [0.4, 0.5) is 4.39 Å². The van der Waals surface area contributed by atoms with Gasteiger partial charge in [-0.25, -0.2) is 4.39 Å². The number of aliphatic hydroxyl groups is 1. The second-order valence-electron chi connectivity index (χ2n) is 3.87. The van der Waals surface area contributed by atoms with Gasteiger partial charge in [-0.3, -0.25) is 4.79 Å². The first-order valence-corrected chi connectivity index (χ1v) is 5.89. The predicted molar refractivity (Wildman–Crippen MR) is 64.3 cm³/mol. The first kappa shape index (κ1) is 13.6. The van der Waals surface area contributed by atoms with Crippen LogP contribution in [0.3, 0.4) is 0 Å². The molecule has 0 heterocycles. The summed E-state index contributed by atoms with van der Waals surface area (Å²) in [5.74, 6) is -0.865. The highest BCUT2D eigenvalue weighted by atomic mass is 19.1. The van der Waals surface area contributed by atoms with Crippen molar-refractivity contribution in [3.8, 4) is 0 Å². The molecule has 1 aromatic rings. The van der Waals surface area contributed by atoms with Crippen molar-refractivity contribution in [1.82, 2.24) is 5.32 Å². The Bertz CT molecular complexity index is 355. The van der Waals surface area contributed by atoms with Gasteiger partial charge >= 0.3 is 0 Å². The molecule has 0 saturated heterocycles. The van der Waals surface area contributed by atoms with Crippen LogP contribution in [-0.4, -0.2) is 24.2 Å². The number of hydrogen-bond acceptors (Lipinski definition) is 2. The Labute approximate surface area is 101 Å². The minimum absolute atomic E-state index is 0.0860. The van der Waals surface area contributed by atoms with Crippen LogP contribution >= 0.6 is 0 Å². The van der Waals surface area contributed by atoms with E-state index < -0.39 is 5.82 Å². The Balaban J connectivity index is 2.24. The van der Waals surface area contributed by atoms with Crippen LogP contribution in [0.5, 0.6) is 0 Å². The molecular weight excluding hydrogens is 221 g/mol. The molecule has 0 radical (unpaired) electrons. The second-order valence-corrected chi connectivity index (χ2v) is 3.87. The summed E-state index contributed by atoms with van der Waals surface area (Å²) in [6.07, 6.45) is 3.55.